The molecule has 0 amide bonds. The maximum Gasteiger partial charge on any atom is 0.305 e. The molecule has 0 saturated carbocycles. The quantitative estimate of drug-likeness (QED) is 0.321. The minimum atomic E-state index is -0.0447. The predicted molar refractivity (Wildman–Crippen MR) is 54.0 cm³/mol. The molecule has 0 aliphatic heterocycles. The molecule has 0 aromatic rings. The Labute approximate surface area is 81.8 Å². The molecule has 66 valence electrons. The maximum atomic E-state index is 10.9. The van der Waals surface area contributed by atoms with Crippen LogP contribution >= 0.6 is 22.6 Å². The zero-order chi connectivity index (χ0) is 8.53. The Morgan fingerprint density at radius 3 is 2.73 bits per heavy atom. The average molecular weight is 270 g/mol. The molecule has 0 radical (unpaired) electrons. The highest BCUT2D eigenvalue weighted by Gasteiger charge is 1.99. The van der Waals surface area contributed by atoms with Crippen LogP contribution in [0.2, 0.25) is 0 Å². The Kier molecular flexibility index (Phi) is 8.45. The van der Waals surface area contributed by atoms with Gasteiger partial charge in [0.2, 0.25) is 0 Å². The molecular formula is C8H15IO2. The van der Waals surface area contributed by atoms with E-state index in [0.29, 0.717) is 13.0 Å². The molecule has 0 aliphatic rings. The van der Waals surface area contributed by atoms with Gasteiger partial charge in [-0.1, -0.05) is 35.9 Å². The van der Waals surface area contributed by atoms with Crippen molar-refractivity contribution in [3.05, 3.63) is 0 Å². The predicted octanol–water partition coefficient (Wildman–Crippen LogP) is 2.54. The number of carbonyl (C=O) groups excluding carboxylic acids is 1. The number of ether oxygens (including phenoxy) is 1. The molecule has 0 atom stereocenters. The summed E-state index contributed by atoms with van der Waals surface area (Å²) in [6.45, 7) is 2.66. The molecular weight excluding hydrogens is 255 g/mol. The van der Waals surface area contributed by atoms with Crippen LogP contribution in [-0.4, -0.2) is 17.0 Å². The van der Waals surface area contributed by atoms with Gasteiger partial charge < -0.3 is 4.74 Å². The SMILES string of the molecule is CCCCC(=O)OCCCI. The van der Waals surface area contributed by atoms with Crippen LogP contribution in [0.3, 0.4) is 0 Å². The van der Waals surface area contributed by atoms with Gasteiger partial charge in [0, 0.05) is 10.8 Å². The summed E-state index contributed by atoms with van der Waals surface area (Å²) in [5.41, 5.74) is 0. The van der Waals surface area contributed by atoms with Crippen LogP contribution in [-0.2, 0) is 9.53 Å². The Balaban J connectivity index is 3.09. The van der Waals surface area contributed by atoms with Gasteiger partial charge in [-0.25, -0.2) is 0 Å². The van der Waals surface area contributed by atoms with Crippen molar-refractivity contribution >= 4 is 28.6 Å². The largest absolute Gasteiger partial charge is 0.466 e. The summed E-state index contributed by atoms with van der Waals surface area (Å²) in [5.74, 6) is -0.0447. The number of halogens is 1. The fourth-order valence-electron chi connectivity index (χ4n) is 0.634. The topological polar surface area (TPSA) is 26.3 Å². The molecule has 0 aromatic carbocycles. The summed E-state index contributed by atoms with van der Waals surface area (Å²) in [6, 6.07) is 0. The first-order chi connectivity index (χ1) is 5.31. The molecule has 0 rings (SSSR count). The highest BCUT2D eigenvalue weighted by atomic mass is 127. The number of carbonyl (C=O) groups is 1. The molecule has 0 fully saturated rings. The summed E-state index contributed by atoms with van der Waals surface area (Å²) in [6.07, 6.45) is 3.56. The lowest BCUT2D eigenvalue weighted by atomic mass is 10.2. The molecule has 11 heavy (non-hydrogen) atoms. The molecule has 0 aromatic heterocycles. The molecule has 3 heteroatoms. The van der Waals surface area contributed by atoms with Gasteiger partial charge in [-0.05, 0) is 12.8 Å². The molecule has 0 bridgehead atoms. The Bertz CT molecular complexity index is 104. The van der Waals surface area contributed by atoms with Crippen molar-refractivity contribution in [3.8, 4) is 0 Å². The van der Waals surface area contributed by atoms with E-state index in [0.717, 1.165) is 23.7 Å². The van der Waals surface area contributed by atoms with Crippen molar-refractivity contribution in [2.75, 3.05) is 11.0 Å². The molecule has 2 nitrogen and oxygen atoms in total. The van der Waals surface area contributed by atoms with E-state index in [1.807, 2.05) is 0 Å². The number of hydrogen-bond donors (Lipinski definition) is 0. The molecule has 0 unspecified atom stereocenters. The summed E-state index contributed by atoms with van der Waals surface area (Å²) in [5, 5.41) is 0. The van der Waals surface area contributed by atoms with E-state index in [4.69, 9.17) is 4.74 Å². The third-order valence-electron chi connectivity index (χ3n) is 1.28. The maximum absolute atomic E-state index is 10.9. The van der Waals surface area contributed by atoms with E-state index in [1.165, 1.54) is 0 Å². The second-order valence-corrected chi connectivity index (χ2v) is 3.45. The van der Waals surface area contributed by atoms with Crippen LogP contribution in [0.25, 0.3) is 0 Å². The van der Waals surface area contributed by atoms with Crippen LogP contribution in [0.1, 0.15) is 32.6 Å². The Morgan fingerprint density at radius 1 is 1.45 bits per heavy atom. The van der Waals surface area contributed by atoms with Gasteiger partial charge in [0.1, 0.15) is 0 Å². The smallest absolute Gasteiger partial charge is 0.305 e. The highest BCUT2D eigenvalue weighted by molar-refractivity contribution is 14.1. The van der Waals surface area contributed by atoms with E-state index in [1.54, 1.807) is 0 Å². The number of unbranched alkanes of at least 4 members (excludes halogenated alkanes) is 1. The minimum Gasteiger partial charge on any atom is -0.466 e. The van der Waals surface area contributed by atoms with Gasteiger partial charge in [0.15, 0.2) is 0 Å². The zero-order valence-corrected chi connectivity index (χ0v) is 9.09. The third-order valence-corrected chi connectivity index (χ3v) is 2.04. The first-order valence-electron chi connectivity index (χ1n) is 4.02. The summed E-state index contributed by atoms with van der Waals surface area (Å²) in [4.78, 5) is 10.9. The lowest BCUT2D eigenvalue weighted by Crippen LogP contribution is -2.05. The molecule has 0 heterocycles. The van der Waals surface area contributed by atoms with Crippen LogP contribution in [0.4, 0.5) is 0 Å². The third kappa shape index (κ3) is 8.10. The summed E-state index contributed by atoms with van der Waals surface area (Å²) < 4.78 is 6.00. The Morgan fingerprint density at radius 2 is 2.18 bits per heavy atom. The van der Waals surface area contributed by atoms with Crippen molar-refractivity contribution in [1.82, 2.24) is 0 Å². The van der Waals surface area contributed by atoms with Crippen LogP contribution in [0, 0.1) is 0 Å². The first-order valence-corrected chi connectivity index (χ1v) is 5.55. The highest BCUT2D eigenvalue weighted by Crippen LogP contribution is 1.97. The number of rotatable bonds is 6. The van der Waals surface area contributed by atoms with E-state index in [9.17, 15) is 4.79 Å². The lowest BCUT2D eigenvalue weighted by molar-refractivity contribution is -0.143. The van der Waals surface area contributed by atoms with Crippen molar-refractivity contribution in [1.29, 1.82) is 0 Å². The molecule has 0 spiro atoms. The van der Waals surface area contributed by atoms with Crippen molar-refractivity contribution in [2.45, 2.75) is 32.6 Å². The van der Waals surface area contributed by atoms with Gasteiger partial charge >= 0.3 is 5.97 Å². The van der Waals surface area contributed by atoms with Gasteiger partial charge in [-0.3, -0.25) is 4.79 Å². The van der Waals surface area contributed by atoms with Gasteiger partial charge in [0.05, 0.1) is 6.61 Å². The number of hydrogen-bond acceptors (Lipinski definition) is 2. The minimum absolute atomic E-state index is 0.0447. The van der Waals surface area contributed by atoms with Crippen LogP contribution in [0.15, 0.2) is 0 Å². The van der Waals surface area contributed by atoms with E-state index in [2.05, 4.69) is 29.5 Å². The molecule has 0 aliphatic carbocycles. The second kappa shape index (κ2) is 8.30. The second-order valence-electron chi connectivity index (χ2n) is 2.37. The van der Waals surface area contributed by atoms with Crippen molar-refractivity contribution in [3.63, 3.8) is 0 Å². The van der Waals surface area contributed by atoms with Crippen LogP contribution < -0.4 is 0 Å². The zero-order valence-electron chi connectivity index (χ0n) is 6.94. The monoisotopic (exact) mass is 270 g/mol. The average Bonchev–Trinajstić information content (AvgIpc) is 2.01. The standard InChI is InChI=1S/C8H15IO2/c1-2-3-5-8(10)11-7-4-6-9/h2-7H2,1H3. The van der Waals surface area contributed by atoms with E-state index in [-0.39, 0.29) is 5.97 Å². The van der Waals surface area contributed by atoms with Gasteiger partial charge in [-0.15, -0.1) is 0 Å². The molecule has 0 saturated heterocycles. The van der Waals surface area contributed by atoms with Gasteiger partial charge in [-0.2, -0.15) is 0 Å². The molecule has 0 N–H and O–H groups in total. The van der Waals surface area contributed by atoms with Gasteiger partial charge in [0.25, 0.3) is 0 Å². The van der Waals surface area contributed by atoms with E-state index < -0.39 is 0 Å². The summed E-state index contributed by atoms with van der Waals surface area (Å²) in [7, 11) is 0. The van der Waals surface area contributed by atoms with Crippen molar-refractivity contribution in [2.24, 2.45) is 0 Å². The van der Waals surface area contributed by atoms with Crippen molar-refractivity contribution < 1.29 is 9.53 Å². The first kappa shape index (κ1) is 11.2. The normalized spacial score (nSPS) is 9.64. The lowest BCUT2D eigenvalue weighted by Gasteiger charge is -2.01. The fourth-order valence-corrected chi connectivity index (χ4v) is 0.945. The number of esters is 1. The van der Waals surface area contributed by atoms with Crippen LogP contribution in [0.5, 0.6) is 0 Å². The number of alkyl halides is 1. The fraction of sp³-hybridized carbons (Fsp3) is 0.875. The van der Waals surface area contributed by atoms with E-state index >= 15 is 0 Å². The Hall–Kier alpha value is 0.200. The summed E-state index contributed by atoms with van der Waals surface area (Å²) >= 11 is 2.27.